The number of rotatable bonds is 5. The van der Waals surface area contributed by atoms with E-state index in [1.54, 1.807) is 6.20 Å². The number of aryl methyl sites for hydroxylation is 2. The van der Waals surface area contributed by atoms with Crippen molar-refractivity contribution in [3.63, 3.8) is 0 Å². The number of oxazole rings is 1. The van der Waals surface area contributed by atoms with Crippen LogP contribution >= 0.6 is 22.9 Å². The number of halogens is 1. The summed E-state index contributed by atoms with van der Waals surface area (Å²) in [6.45, 7) is -0.0918. The molecular weight excluding hydrogens is 460 g/mol. The maximum Gasteiger partial charge on any atom is 0.226 e. The maximum atomic E-state index is 9.82. The van der Waals surface area contributed by atoms with E-state index >= 15 is 0 Å². The van der Waals surface area contributed by atoms with Crippen LogP contribution in [0.3, 0.4) is 0 Å². The molecule has 3 N–H and O–H groups in total. The molecule has 0 spiro atoms. The molecule has 0 amide bonds. The molecule has 3 heterocycles. The van der Waals surface area contributed by atoms with Gasteiger partial charge in [-0.15, -0.1) is 10.2 Å². The lowest BCUT2D eigenvalue weighted by Gasteiger charge is -2.05. The molecule has 166 valence electrons. The van der Waals surface area contributed by atoms with Crippen molar-refractivity contribution >= 4 is 44.7 Å². The van der Waals surface area contributed by atoms with Gasteiger partial charge in [0, 0.05) is 22.9 Å². The van der Waals surface area contributed by atoms with Crippen molar-refractivity contribution in [2.45, 2.75) is 32.3 Å². The third-order valence-corrected chi connectivity index (χ3v) is 7.03. The molecule has 33 heavy (non-hydrogen) atoms. The molecule has 5 aromatic rings. The average Bonchev–Trinajstić information content (AvgIpc) is 3.60. The number of hydrogen-bond donors (Lipinski definition) is 3. The molecule has 0 unspecified atom stereocenters. The first kappa shape index (κ1) is 20.3. The molecule has 0 saturated carbocycles. The smallest absolute Gasteiger partial charge is 0.226 e. The molecule has 3 aromatic heterocycles. The lowest BCUT2D eigenvalue weighted by atomic mass is 10.0. The maximum absolute atomic E-state index is 9.82. The van der Waals surface area contributed by atoms with Gasteiger partial charge in [-0.1, -0.05) is 22.9 Å². The van der Waals surface area contributed by atoms with Gasteiger partial charge in [0.15, 0.2) is 0 Å². The summed E-state index contributed by atoms with van der Waals surface area (Å²) in [5.41, 5.74) is 5.06. The van der Waals surface area contributed by atoms with Crippen LogP contribution in [-0.2, 0) is 19.4 Å². The number of fused-ring (bicyclic) bond motifs is 2. The van der Waals surface area contributed by atoms with E-state index < -0.39 is 0 Å². The summed E-state index contributed by atoms with van der Waals surface area (Å²) in [5.74, 6) is 1.56. The number of aliphatic hydroxyl groups is 1. The molecule has 0 fully saturated rings. The Bertz CT molecular complexity index is 1450. The number of aromatic nitrogens is 5. The summed E-state index contributed by atoms with van der Waals surface area (Å²) >= 11 is 7.92. The molecule has 1 aliphatic carbocycles. The Morgan fingerprint density at radius 3 is 2.88 bits per heavy atom. The quantitative estimate of drug-likeness (QED) is 0.305. The van der Waals surface area contributed by atoms with Gasteiger partial charge >= 0.3 is 0 Å². The van der Waals surface area contributed by atoms with E-state index in [1.807, 2.05) is 30.3 Å². The lowest BCUT2D eigenvalue weighted by molar-refractivity contribution is 0.282. The van der Waals surface area contributed by atoms with Crippen LogP contribution in [0.25, 0.3) is 32.9 Å². The first-order chi connectivity index (χ1) is 16.2. The molecule has 10 heteroatoms. The minimum absolute atomic E-state index is 0.0918. The molecule has 0 saturated heterocycles. The van der Waals surface area contributed by atoms with E-state index in [1.165, 1.54) is 11.3 Å². The number of aromatic amines is 1. The van der Waals surface area contributed by atoms with Gasteiger partial charge in [-0.25, -0.2) is 4.98 Å². The standard InChI is InChI=1S/C23H19ClN6O2S/c24-20-15-10-25-28-16(15)5-6-18(20)27-23-30-29-22(33-23)14-8-12(11-31)7-13(9-14)21-26-17-3-1-2-4-19(17)32-21/h5-10,31H,1-4,11H2,(H,25,28)(H,27,30). The topological polar surface area (TPSA) is 113 Å². The molecule has 0 radical (unpaired) electrons. The van der Waals surface area contributed by atoms with Gasteiger partial charge in [-0.05, 0) is 55.2 Å². The van der Waals surface area contributed by atoms with Crippen LogP contribution in [0.5, 0.6) is 0 Å². The molecule has 8 nitrogen and oxygen atoms in total. The van der Waals surface area contributed by atoms with Gasteiger partial charge in [-0.2, -0.15) is 5.10 Å². The summed E-state index contributed by atoms with van der Waals surface area (Å²) in [6.07, 6.45) is 5.83. The van der Waals surface area contributed by atoms with Crippen LogP contribution in [0.4, 0.5) is 10.8 Å². The fourth-order valence-corrected chi connectivity index (χ4v) is 5.09. The van der Waals surface area contributed by atoms with Gasteiger partial charge < -0.3 is 14.8 Å². The van der Waals surface area contributed by atoms with Gasteiger partial charge in [0.1, 0.15) is 10.8 Å². The average molecular weight is 479 g/mol. The number of hydrogen-bond acceptors (Lipinski definition) is 8. The van der Waals surface area contributed by atoms with E-state index in [-0.39, 0.29) is 6.61 Å². The van der Waals surface area contributed by atoms with Crippen molar-refractivity contribution in [3.8, 4) is 22.0 Å². The summed E-state index contributed by atoms with van der Waals surface area (Å²) in [5, 5.41) is 31.4. The Kier molecular flexibility index (Phi) is 5.09. The highest BCUT2D eigenvalue weighted by Gasteiger charge is 2.19. The second kappa shape index (κ2) is 8.26. The summed E-state index contributed by atoms with van der Waals surface area (Å²) < 4.78 is 6.05. The molecule has 1 aliphatic rings. The van der Waals surface area contributed by atoms with Crippen LogP contribution in [0.15, 0.2) is 40.9 Å². The highest BCUT2D eigenvalue weighted by molar-refractivity contribution is 7.18. The third kappa shape index (κ3) is 3.78. The number of nitrogens with zero attached hydrogens (tertiary/aromatic N) is 4. The number of benzene rings is 2. The lowest BCUT2D eigenvalue weighted by Crippen LogP contribution is -1.99. The first-order valence-corrected chi connectivity index (χ1v) is 11.8. The number of aliphatic hydroxyl groups excluding tert-OH is 1. The normalized spacial score (nSPS) is 13.4. The number of anilines is 2. The van der Waals surface area contributed by atoms with Crippen molar-refractivity contribution in [3.05, 3.63) is 58.6 Å². The Morgan fingerprint density at radius 2 is 2.00 bits per heavy atom. The van der Waals surface area contributed by atoms with Crippen molar-refractivity contribution in [1.82, 2.24) is 25.4 Å². The van der Waals surface area contributed by atoms with Crippen molar-refractivity contribution in [1.29, 1.82) is 0 Å². The van der Waals surface area contributed by atoms with Gasteiger partial charge in [0.25, 0.3) is 0 Å². The molecule has 0 atom stereocenters. The minimum atomic E-state index is -0.0918. The van der Waals surface area contributed by atoms with E-state index in [0.717, 1.165) is 70.4 Å². The zero-order valence-corrected chi connectivity index (χ0v) is 19.0. The van der Waals surface area contributed by atoms with Gasteiger partial charge in [-0.3, -0.25) is 5.10 Å². The van der Waals surface area contributed by atoms with Crippen LogP contribution in [0.2, 0.25) is 5.02 Å². The highest BCUT2D eigenvalue weighted by Crippen LogP contribution is 2.36. The summed E-state index contributed by atoms with van der Waals surface area (Å²) in [4.78, 5) is 4.71. The van der Waals surface area contributed by atoms with E-state index in [2.05, 4.69) is 25.7 Å². The van der Waals surface area contributed by atoms with E-state index in [4.69, 9.17) is 21.0 Å². The first-order valence-electron chi connectivity index (χ1n) is 10.6. The monoisotopic (exact) mass is 478 g/mol. The van der Waals surface area contributed by atoms with Crippen molar-refractivity contribution in [2.24, 2.45) is 0 Å². The highest BCUT2D eigenvalue weighted by atomic mass is 35.5. The minimum Gasteiger partial charge on any atom is -0.441 e. The predicted octanol–water partition coefficient (Wildman–Crippen LogP) is 5.50. The van der Waals surface area contributed by atoms with E-state index in [0.29, 0.717) is 21.1 Å². The van der Waals surface area contributed by atoms with Crippen molar-refractivity contribution in [2.75, 3.05) is 5.32 Å². The fraction of sp³-hybridized carbons (Fsp3) is 0.217. The molecule has 0 aliphatic heterocycles. The summed E-state index contributed by atoms with van der Waals surface area (Å²) in [6, 6.07) is 9.57. The Hall–Kier alpha value is -3.27. The van der Waals surface area contributed by atoms with Crippen LogP contribution in [-0.4, -0.2) is 30.5 Å². The summed E-state index contributed by atoms with van der Waals surface area (Å²) in [7, 11) is 0. The third-order valence-electron chi connectivity index (χ3n) is 5.74. The van der Waals surface area contributed by atoms with E-state index in [9.17, 15) is 5.11 Å². The Balaban J connectivity index is 1.32. The number of H-pyrrole nitrogens is 1. The number of nitrogens with one attached hydrogen (secondary N) is 2. The SMILES string of the molecule is OCc1cc(-c2nc3c(o2)CCCC3)cc(-c2nnc(Nc3ccc4[nH]ncc4c3Cl)s2)c1. The van der Waals surface area contributed by atoms with Crippen molar-refractivity contribution < 1.29 is 9.52 Å². The van der Waals surface area contributed by atoms with Crippen LogP contribution < -0.4 is 5.32 Å². The molecular formula is C23H19ClN6O2S. The Labute approximate surface area is 197 Å². The molecule has 0 bridgehead atoms. The second-order valence-electron chi connectivity index (χ2n) is 7.97. The second-order valence-corrected chi connectivity index (χ2v) is 9.32. The molecule has 2 aromatic carbocycles. The van der Waals surface area contributed by atoms with Gasteiger partial charge in [0.05, 0.1) is 34.7 Å². The van der Waals surface area contributed by atoms with Crippen LogP contribution in [0, 0.1) is 0 Å². The predicted molar refractivity (Wildman–Crippen MR) is 128 cm³/mol. The fourth-order valence-electron chi connectivity index (χ4n) is 4.09. The van der Waals surface area contributed by atoms with Crippen LogP contribution in [0.1, 0.15) is 29.9 Å². The largest absolute Gasteiger partial charge is 0.441 e. The Morgan fingerprint density at radius 1 is 1.12 bits per heavy atom. The zero-order chi connectivity index (χ0) is 22.4. The zero-order valence-electron chi connectivity index (χ0n) is 17.4. The van der Waals surface area contributed by atoms with Gasteiger partial charge in [0.2, 0.25) is 11.0 Å². The molecule has 6 rings (SSSR count).